The molecule has 344 valence electrons. The molecule has 0 saturated heterocycles. The van der Waals surface area contributed by atoms with Crippen molar-refractivity contribution in [3.05, 3.63) is 36.5 Å². The molecule has 0 fully saturated rings. The maximum Gasteiger partial charge on any atom is 0.306 e. The van der Waals surface area contributed by atoms with Crippen LogP contribution in [0.1, 0.15) is 265 Å². The van der Waals surface area contributed by atoms with Gasteiger partial charge < -0.3 is 14.2 Å². The van der Waals surface area contributed by atoms with Gasteiger partial charge in [0.15, 0.2) is 6.10 Å². The molecule has 59 heavy (non-hydrogen) atoms. The molecule has 0 aromatic heterocycles. The van der Waals surface area contributed by atoms with Gasteiger partial charge in [0.05, 0.1) is 0 Å². The third-order valence-electron chi connectivity index (χ3n) is 11.1. The van der Waals surface area contributed by atoms with Crippen molar-refractivity contribution in [3.63, 3.8) is 0 Å². The molecule has 1 unspecified atom stereocenters. The van der Waals surface area contributed by atoms with Crippen molar-refractivity contribution < 1.29 is 28.6 Å². The lowest BCUT2D eigenvalue weighted by atomic mass is 10.0. The fourth-order valence-electron chi connectivity index (χ4n) is 7.26. The molecular weight excluding hydrogens is 733 g/mol. The molecule has 0 aromatic rings. The highest BCUT2D eigenvalue weighted by Gasteiger charge is 2.19. The fourth-order valence-corrected chi connectivity index (χ4v) is 7.26. The zero-order chi connectivity index (χ0) is 43.0. The van der Waals surface area contributed by atoms with E-state index in [0.717, 1.165) is 70.6 Å². The van der Waals surface area contributed by atoms with Crippen LogP contribution in [-0.4, -0.2) is 37.2 Å². The van der Waals surface area contributed by atoms with Crippen molar-refractivity contribution in [1.82, 2.24) is 0 Å². The Morgan fingerprint density at radius 3 is 1.05 bits per heavy atom. The number of rotatable bonds is 46. The molecule has 0 heterocycles. The summed E-state index contributed by atoms with van der Waals surface area (Å²) >= 11 is 0. The molecular formula is C53H96O6. The second-order valence-electron chi connectivity index (χ2n) is 17.1. The van der Waals surface area contributed by atoms with Gasteiger partial charge in [0.1, 0.15) is 13.2 Å². The number of hydrogen-bond donors (Lipinski definition) is 0. The summed E-state index contributed by atoms with van der Waals surface area (Å²) in [6, 6.07) is 0. The molecule has 0 aromatic carbocycles. The Morgan fingerprint density at radius 2 is 0.627 bits per heavy atom. The van der Waals surface area contributed by atoms with Crippen LogP contribution in [0.5, 0.6) is 0 Å². The van der Waals surface area contributed by atoms with E-state index in [9.17, 15) is 14.4 Å². The number of carbonyl (C=O) groups excluding carboxylic acids is 3. The van der Waals surface area contributed by atoms with Crippen LogP contribution in [0.25, 0.3) is 0 Å². The number of esters is 3. The van der Waals surface area contributed by atoms with Gasteiger partial charge in [-0.1, -0.05) is 218 Å². The minimum atomic E-state index is -0.788. The van der Waals surface area contributed by atoms with Crippen molar-refractivity contribution in [3.8, 4) is 0 Å². The van der Waals surface area contributed by atoms with Crippen LogP contribution in [0.15, 0.2) is 36.5 Å². The maximum atomic E-state index is 12.8. The van der Waals surface area contributed by atoms with Crippen molar-refractivity contribution in [2.24, 2.45) is 0 Å². The Kier molecular flexibility index (Phi) is 46.4. The topological polar surface area (TPSA) is 78.9 Å². The van der Waals surface area contributed by atoms with Gasteiger partial charge >= 0.3 is 17.9 Å². The Hall–Kier alpha value is -2.37. The van der Waals surface area contributed by atoms with Crippen molar-refractivity contribution in [2.45, 2.75) is 271 Å². The highest BCUT2D eigenvalue weighted by molar-refractivity contribution is 5.71. The van der Waals surface area contributed by atoms with E-state index < -0.39 is 6.10 Å². The first kappa shape index (κ1) is 56.6. The molecule has 0 aliphatic heterocycles. The smallest absolute Gasteiger partial charge is 0.306 e. The number of carbonyl (C=O) groups is 3. The Balaban J connectivity index is 4.36. The summed E-state index contributed by atoms with van der Waals surface area (Å²) in [7, 11) is 0. The predicted molar refractivity (Wildman–Crippen MR) is 252 cm³/mol. The lowest BCUT2D eigenvalue weighted by Crippen LogP contribution is -2.30. The van der Waals surface area contributed by atoms with E-state index in [1.54, 1.807) is 0 Å². The highest BCUT2D eigenvalue weighted by atomic mass is 16.6. The first-order valence-electron chi connectivity index (χ1n) is 25.5. The van der Waals surface area contributed by atoms with Gasteiger partial charge in [0.2, 0.25) is 0 Å². The van der Waals surface area contributed by atoms with E-state index in [1.165, 1.54) is 154 Å². The lowest BCUT2D eigenvalue weighted by Gasteiger charge is -2.18. The fraction of sp³-hybridized carbons (Fsp3) is 0.830. The minimum Gasteiger partial charge on any atom is -0.462 e. The van der Waals surface area contributed by atoms with Gasteiger partial charge in [-0.2, -0.15) is 0 Å². The van der Waals surface area contributed by atoms with E-state index in [0.29, 0.717) is 19.3 Å². The van der Waals surface area contributed by atoms with E-state index in [4.69, 9.17) is 14.2 Å². The van der Waals surface area contributed by atoms with Gasteiger partial charge in [-0.3, -0.25) is 14.4 Å². The molecule has 0 saturated carbocycles. The maximum absolute atomic E-state index is 12.8. The molecule has 0 radical (unpaired) electrons. The summed E-state index contributed by atoms with van der Waals surface area (Å²) in [6.07, 6.45) is 55.7. The van der Waals surface area contributed by atoms with Crippen molar-refractivity contribution in [2.75, 3.05) is 13.2 Å². The van der Waals surface area contributed by atoms with Crippen LogP contribution in [0, 0.1) is 0 Å². The zero-order valence-corrected chi connectivity index (χ0v) is 39.3. The number of hydrogen-bond acceptors (Lipinski definition) is 6. The molecule has 1 atom stereocenters. The quantitative estimate of drug-likeness (QED) is 0.0200. The zero-order valence-electron chi connectivity index (χ0n) is 39.3. The Bertz CT molecular complexity index is 1000. The number of unbranched alkanes of at least 4 members (excludes halogenated alkanes) is 30. The van der Waals surface area contributed by atoms with Crippen LogP contribution in [-0.2, 0) is 28.6 Å². The van der Waals surface area contributed by atoms with E-state index in [1.807, 2.05) is 0 Å². The largest absolute Gasteiger partial charge is 0.462 e. The predicted octanol–water partition coefficient (Wildman–Crippen LogP) is 16.5. The standard InChI is InChI=1S/C53H96O6/c1-4-7-10-13-16-19-21-23-25-27-29-31-34-37-40-43-46-52(55)58-49-50(48-57-51(54)45-42-39-36-33-18-15-12-9-6-3)59-53(56)47-44-41-38-35-32-30-28-26-24-22-20-17-14-11-8-5-2/h25,27,29,31,33,36,50H,4-24,26,28,30,32,34-35,37-49H2,1-3H3/b27-25-,31-29-,36-33-. The number of ether oxygens (including phenoxy) is 3. The van der Waals surface area contributed by atoms with Gasteiger partial charge in [0.25, 0.3) is 0 Å². The first-order valence-corrected chi connectivity index (χ1v) is 25.5. The summed E-state index contributed by atoms with van der Waals surface area (Å²) in [6.45, 7) is 6.57. The van der Waals surface area contributed by atoms with E-state index >= 15 is 0 Å². The lowest BCUT2D eigenvalue weighted by molar-refractivity contribution is -0.167. The van der Waals surface area contributed by atoms with Gasteiger partial charge in [-0.15, -0.1) is 0 Å². The monoisotopic (exact) mass is 829 g/mol. The van der Waals surface area contributed by atoms with Crippen LogP contribution in [0.4, 0.5) is 0 Å². The third-order valence-corrected chi connectivity index (χ3v) is 11.1. The number of allylic oxidation sites excluding steroid dienone is 6. The third kappa shape index (κ3) is 46.5. The van der Waals surface area contributed by atoms with Crippen LogP contribution in [0.2, 0.25) is 0 Å². The average Bonchev–Trinajstić information content (AvgIpc) is 3.23. The molecule has 6 heteroatoms. The molecule has 0 aliphatic carbocycles. The summed E-state index contributed by atoms with van der Waals surface area (Å²) < 4.78 is 16.7. The van der Waals surface area contributed by atoms with Crippen LogP contribution >= 0.6 is 0 Å². The second kappa shape index (κ2) is 48.3. The van der Waals surface area contributed by atoms with Gasteiger partial charge in [0, 0.05) is 19.3 Å². The van der Waals surface area contributed by atoms with E-state index in [2.05, 4.69) is 57.2 Å². The van der Waals surface area contributed by atoms with Gasteiger partial charge in [-0.05, 0) is 64.2 Å². The normalized spacial score (nSPS) is 12.3. The van der Waals surface area contributed by atoms with Gasteiger partial charge in [-0.25, -0.2) is 0 Å². The molecule has 0 amide bonds. The van der Waals surface area contributed by atoms with Crippen LogP contribution in [0.3, 0.4) is 0 Å². The van der Waals surface area contributed by atoms with Crippen LogP contribution < -0.4 is 0 Å². The molecule has 0 spiro atoms. The summed E-state index contributed by atoms with van der Waals surface area (Å²) in [5, 5.41) is 0. The molecule has 6 nitrogen and oxygen atoms in total. The van der Waals surface area contributed by atoms with Crippen molar-refractivity contribution in [1.29, 1.82) is 0 Å². The van der Waals surface area contributed by atoms with Crippen molar-refractivity contribution >= 4 is 17.9 Å². The highest BCUT2D eigenvalue weighted by Crippen LogP contribution is 2.15. The second-order valence-corrected chi connectivity index (χ2v) is 17.1. The molecule has 0 N–H and O–H groups in total. The molecule has 0 rings (SSSR count). The summed E-state index contributed by atoms with van der Waals surface area (Å²) in [5.41, 5.74) is 0. The Morgan fingerprint density at radius 1 is 0.339 bits per heavy atom. The van der Waals surface area contributed by atoms with E-state index in [-0.39, 0.29) is 31.1 Å². The summed E-state index contributed by atoms with van der Waals surface area (Å²) in [4.78, 5) is 37.8. The average molecular weight is 829 g/mol. The Labute approximate surface area is 365 Å². The first-order chi connectivity index (χ1) is 29.0. The SMILES string of the molecule is CCCCCC/C=C\CCCC(=O)OCC(COC(=O)CCCCC/C=C\C=C/CCCCCCCCC)OC(=O)CCCCCCCCCCCCCCCCCC. The minimum absolute atomic E-state index is 0.0918. The molecule has 0 aliphatic rings. The molecule has 0 bridgehead atoms. The summed E-state index contributed by atoms with van der Waals surface area (Å²) in [5.74, 6) is -0.943.